The highest BCUT2D eigenvalue weighted by Gasteiger charge is 2.10. The van der Waals surface area contributed by atoms with E-state index in [0.717, 1.165) is 19.3 Å². The number of pyridine rings is 1. The Morgan fingerprint density at radius 1 is 0.839 bits per heavy atom. The Kier molecular flexibility index (Phi) is 12.0. The SMILES string of the molecule is CCCCCCCCCCCc1ccc(C(=O)Oc2ccc(CC(C)CC)cc2)nc1. The van der Waals surface area contributed by atoms with Gasteiger partial charge in [0.05, 0.1) is 0 Å². The fourth-order valence-corrected chi connectivity index (χ4v) is 3.73. The summed E-state index contributed by atoms with van der Waals surface area (Å²) in [5, 5.41) is 0. The van der Waals surface area contributed by atoms with Crippen molar-refractivity contribution in [3.63, 3.8) is 0 Å². The lowest BCUT2D eigenvalue weighted by Gasteiger charge is -2.09. The van der Waals surface area contributed by atoms with E-state index >= 15 is 0 Å². The van der Waals surface area contributed by atoms with Crippen LogP contribution in [-0.4, -0.2) is 11.0 Å². The Labute approximate surface area is 189 Å². The topological polar surface area (TPSA) is 39.2 Å². The zero-order chi connectivity index (χ0) is 22.3. The molecule has 2 aromatic rings. The Morgan fingerprint density at radius 2 is 1.45 bits per heavy atom. The predicted octanol–water partition coefficient (Wildman–Crippen LogP) is 7.96. The molecule has 0 N–H and O–H groups in total. The van der Waals surface area contributed by atoms with Crippen molar-refractivity contribution in [1.82, 2.24) is 4.98 Å². The molecule has 3 nitrogen and oxygen atoms in total. The van der Waals surface area contributed by atoms with Gasteiger partial charge in [0.1, 0.15) is 11.4 Å². The molecule has 1 unspecified atom stereocenters. The summed E-state index contributed by atoms with van der Waals surface area (Å²) in [7, 11) is 0. The summed E-state index contributed by atoms with van der Waals surface area (Å²) < 4.78 is 5.49. The zero-order valence-corrected chi connectivity index (χ0v) is 19.9. The van der Waals surface area contributed by atoms with Crippen molar-refractivity contribution < 1.29 is 9.53 Å². The molecule has 1 heterocycles. The number of carbonyl (C=O) groups excluding carboxylic acids is 1. The number of carbonyl (C=O) groups is 1. The number of aromatic nitrogens is 1. The summed E-state index contributed by atoms with van der Waals surface area (Å²) >= 11 is 0. The molecular weight excluding hydrogens is 382 g/mol. The second-order valence-electron chi connectivity index (χ2n) is 8.88. The van der Waals surface area contributed by atoms with Crippen LogP contribution >= 0.6 is 0 Å². The van der Waals surface area contributed by atoms with Gasteiger partial charge in [-0.05, 0) is 54.5 Å². The molecule has 2 rings (SSSR count). The number of hydrogen-bond acceptors (Lipinski definition) is 3. The van der Waals surface area contributed by atoms with Crippen LogP contribution in [0.2, 0.25) is 0 Å². The first-order chi connectivity index (χ1) is 15.1. The van der Waals surface area contributed by atoms with Gasteiger partial charge in [-0.3, -0.25) is 0 Å². The summed E-state index contributed by atoms with van der Waals surface area (Å²) in [4.78, 5) is 16.7. The summed E-state index contributed by atoms with van der Waals surface area (Å²) in [6.07, 6.45) is 17.0. The molecule has 3 heteroatoms. The first-order valence-electron chi connectivity index (χ1n) is 12.4. The average Bonchev–Trinajstić information content (AvgIpc) is 2.79. The van der Waals surface area contributed by atoms with E-state index in [-0.39, 0.29) is 0 Å². The predicted molar refractivity (Wildman–Crippen MR) is 130 cm³/mol. The van der Waals surface area contributed by atoms with Gasteiger partial charge in [-0.1, -0.05) is 96.8 Å². The van der Waals surface area contributed by atoms with Crippen LogP contribution in [0.15, 0.2) is 42.6 Å². The van der Waals surface area contributed by atoms with Crippen molar-refractivity contribution in [2.24, 2.45) is 5.92 Å². The summed E-state index contributed by atoms with van der Waals surface area (Å²) in [6, 6.07) is 11.6. The largest absolute Gasteiger partial charge is 0.422 e. The number of aryl methyl sites for hydroxylation is 1. The van der Waals surface area contributed by atoms with E-state index in [0.29, 0.717) is 17.4 Å². The number of esters is 1. The Morgan fingerprint density at radius 3 is 2.03 bits per heavy atom. The monoisotopic (exact) mass is 423 g/mol. The first-order valence-corrected chi connectivity index (χ1v) is 12.4. The van der Waals surface area contributed by atoms with Crippen molar-refractivity contribution >= 4 is 5.97 Å². The highest BCUT2D eigenvalue weighted by molar-refractivity contribution is 5.88. The molecule has 0 amide bonds. The number of unbranched alkanes of at least 4 members (excludes halogenated alkanes) is 8. The lowest BCUT2D eigenvalue weighted by atomic mass is 9.99. The summed E-state index contributed by atoms with van der Waals surface area (Å²) in [6.45, 7) is 6.71. The van der Waals surface area contributed by atoms with Crippen molar-refractivity contribution in [2.75, 3.05) is 0 Å². The molecule has 170 valence electrons. The molecule has 1 aromatic heterocycles. The lowest BCUT2D eigenvalue weighted by molar-refractivity contribution is 0.0728. The first kappa shape index (κ1) is 25.1. The van der Waals surface area contributed by atoms with Gasteiger partial charge in [-0.2, -0.15) is 0 Å². The third-order valence-electron chi connectivity index (χ3n) is 6.02. The molecule has 1 aromatic carbocycles. The second kappa shape index (κ2) is 14.8. The van der Waals surface area contributed by atoms with E-state index < -0.39 is 5.97 Å². The fourth-order valence-electron chi connectivity index (χ4n) is 3.73. The van der Waals surface area contributed by atoms with Gasteiger partial charge in [-0.25, -0.2) is 9.78 Å². The smallest absolute Gasteiger partial charge is 0.362 e. The molecule has 0 spiro atoms. The maximum absolute atomic E-state index is 12.4. The number of nitrogens with zero attached hydrogens (tertiary/aromatic N) is 1. The molecule has 0 aliphatic rings. The minimum Gasteiger partial charge on any atom is -0.422 e. The molecule has 0 saturated heterocycles. The van der Waals surface area contributed by atoms with Crippen LogP contribution < -0.4 is 4.74 Å². The molecule has 0 aliphatic carbocycles. The van der Waals surface area contributed by atoms with Gasteiger partial charge < -0.3 is 4.74 Å². The highest BCUT2D eigenvalue weighted by atomic mass is 16.5. The van der Waals surface area contributed by atoms with Crippen LogP contribution in [0.1, 0.15) is 107 Å². The van der Waals surface area contributed by atoms with Crippen molar-refractivity contribution in [2.45, 2.75) is 97.8 Å². The zero-order valence-electron chi connectivity index (χ0n) is 19.9. The molecule has 0 fully saturated rings. The van der Waals surface area contributed by atoms with Gasteiger partial charge in [0.2, 0.25) is 0 Å². The fraction of sp³-hybridized carbons (Fsp3) is 0.571. The summed E-state index contributed by atoms with van der Waals surface area (Å²) in [5.74, 6) is 0.828. The average molecular weight is 424 g/mol. The van der Waals surface area contributed by atoms with Crippen LogP contribution in [0.4, 0.5) is 0 Å². The molecular formula is C28H41NO2. The number of hydrogen-bond donors (Lipinski definition) is 0. The standard InChI is InChI=1S/C28H41NO2/c1-4-6-7-8-9-10-11-12-13-14-25-17-20-27(29-22-25)28(30)31-26-18-15-24(16-19-26)21-23(3)5-2/h15-20,22-23H,4-14,21H2,1-3H3. The van der Waals surface area contributed by atoms with Gasteiger partial charge in [0.15, 0.2) is 0 Å². The minimum absolute atomic E-state index is 0.361. The lowest BCUT2D eigenvalue weighted by Crippen LogP contribution is -2.10. The normalized spacial score (nSPS) is 12.0. The van der Waals surface area contributed by atoms with Crippen molar-refractivity contribution in [3.05, 3.63) is 59.4 Å². The van der Waals surface area contributed by atoms with E-state index in [9.17, 15) is 4.79 Å². The Balaban J connectivity index is 1.68. The number of rotatable bonds is 15. The maximum atomic E-state index is 12.4. The molecule has 0 radical (unpaired) electrons. The molecule has 0 bridgehead atoms. The van der Waals surface area contributed by atoms with Gasteiger partial charge in [0.25, 0.3) is 0 Å². The third-order valence-corrected chi connectivity index (χ3v) is 6.02. The van der Waals surface area contributed by atoms with Crippen LogP contribution in [0.25, 0.3) is 0 Å². The highest BCUT2D eigenvalue weighted by Crippen LogP contribution is 2.18. The van der Waals surface area contributed by atoms with E-state index in [1.54, 1.807) is 6.07 Å². The molecule has 31 heavy (non-hydrogen) atoms. The molecule has 0 aliphatic heterocycles. The summed E-state index contributed by atoms with van der Waals surface area (Å²) in [5.41, 5.74) is 2.82. The van der Waals surface area contributed by atoms with E-state index in [4.69, 9.17) is 4.74 Å². The number of benzene rings is 1. The van der Waals surface area contributed by atoms with Gasteiger partial charge >= 0.3 is 5.97 Å². The van der Waals surface area contributed by atoms with Crippen LogP contribution in [-0.2, 0) is 12.8 Å². The Hall–Kier alpha value is -2.16. The van der Waals surface area contributed by atoms with Crippen molar-refractivity contribution in [3.8, 4) is 5.75 Å². The van der Waals surface area contributed by atoms with Crippen LogP contribution in [0, 0.1) is 5.92 Å². The Bertz CT molecular complexity index is 737. The maximum Gasteiger partial charge on any atom is 0.362 e. The minimum atomic E-state index is -0.399. The second-order valence-corrected chi connectivity index (χ2v) is 8.88. The van der Waals surface area contributed by atoms with Crippen LogP contribution in [0.5, 0.6) is 5.75 Å². The molecule has 0 saturated carbocycles. The van der Waals surface area contributed by atoms with E-state index in [2.05, 4.69) is 25.8 Å². The number of ether oxygens (including phenoxy) is 1. The van der Waals surface area contributed by atoms with E-state index in [1.165, 1.54) is 68.9 Å². The van der Waals surface area contributed by atoms with E-state index in [1.807, 2.05) is 36.5 Å². The third kappa shape index (κ3) is 10.1. The quantitative estimate of drug-likeness (QED) is 0.166. The van der Waals surface area contributed by atoms with Gasteiger partial charge in [0, 0.05) is 6.20 Å². The molecule has 1 atom stereocenters. The van der Waals surface area contributed by atoms with Crippen molar-refractivity contribution in [1.29, 1.82) is 0 Å². The van der Waals surface area contributed by atoms with Gasteiger partial charge in [-0.15, -0.1) is 0 Å². The van der Waals surface area contributed by atoms with Crippen LogP contribution in [0.3, 0.4) is 0 Å².